The van der Waals surface area contributed by atoms with Crippen LogP contribution in [0.15, 0.2) is 48.5 Å². The highest BCUT2D eigenvalue weighted by Crippen LogP contribution is 2.24. The summed E-state index contributed by atoms with van der Waals surface area (Å²) in [5.41, 5.74) is 2.08. The summed E-state index contributed by atoms with van der Waals surface area (Å²) < 4.78 is 14.2. The smallest absolute Gasteiger partial charge is 0.145 e. The van der Waals surface area contributed by atoms with Gasteiger partial charge < -0.3 is 0 Å². The Morgan fingerprint density at radius 3 is 2.73 bits per heavy atom. The Labute approximate surface area is 130 Å². The summed E-state index contributed by atoms with van der Waals surface area (Å²) >= 11 is 0. The molecular weight excluding hydrogens is 275 g/mol. The van der Waals surface area contributed by atoms with Gasteiger partial charge in [0.1, 0.15) is 11.9 Å². The highest BCUT2D eigenvalue weighted by Gasteiger charge is 2.25. The summed E-state index contributed by atoms with van der Waals surface area (Å²) in [5.74, 6) is -0.365. The zero-order valence-electron chi connectivity index (χ0n) is 12.5. The maximum atomic E-state index is 14.2. The number of benzene rings is 2. The number of rotatable bonds is 4. The molecule has 1 fully saturated rings. The zero-order chi connectivity index (χ0) is 15.4. The van der Waals surface area contributed by atoms with Crippen molar-refractivity contribution in [1.29, 1.82) is 5.26 Å². The summed E-state index contributed by atoms with van der Waals surface area (Å²) in [4.78, 5) is 2.34. The molecule has 2 aromatic carbocycles. The maximum Gasteiger partial charge on any atom is 0.145 e. The van der Waals surface area contributed by atoms with E-state index in [-0.39, 0.29) is 11.4 Å². The third-order valence-corrected chi connectivity index (χ3v) is 4.39. The van der Waals surface area contributed by atoms with E-state index in [4.69, 9.17) is 5.26 Å². The lowest BCUT2D eigenvalue weighted by molar-refractivity contribution is 0.240. The predicted molar refractivity (Wildman–Crippen MR) is 84.7 cm³/mol. The van der Waals surface area contributed by atoms with E-state index in [1.54, 1.807) is 12.1 Å². The minimum Gasteiger partial charge on any atom is -0.296 e. The SMILES string of the molecule is N#Cc1cccc(CN2CCC[C@@H]2Cc2ccccc2)c1F. The van der Waals surface area contributed by atoms with Gasteiger partial charge in [0, 0.05) is 18.2 Å². The third kappa shape index (κ3) is 3.18. The molecule has 0 radical (unpaired) electrons. The molecule has 112 valence electrons. The lowest BCUT2D eigenvalue weighted by Gasteiger charge is -2.25. The van der Waals surface area contributed by atoms with Gasteiger partial charge in [-0.05, 0) is 37.4 Å². The van der Waals surface area contributed by atoms with Crippen molar-refractivity contribution in [2.75, 3.05) is 6.54 Å². The average Bonchev–Trinajstić information content (AvgIpc) is 2.97. The van der Waals surface area contributed by atoms with Crippen molar-refractivity contribution in [2.24, 2.45) is 0 Å². The molecule has 0 aliphatic carbocycles. The van der Waals surface area contributed by atoms with Gasteiger partial charge in [-0.3, -0.25) is 4.90 Å². The van der Waals surface area contributed by atoms with Gasteiger partial charge in [0.2, 0.25) is 0 Å². The van der Waals surface area contributed by atoms with E-state index in [9.17, 15) is 4.39 Å². The van der Waals surface area contributed by atoms with E-state index >= 15 is 0 Å². The Hall–Kier alpha value is -2.18. The molecular formula is C19H19FN2. The van der Waals surface area contributed by atoms with E-state index in [1.807, 2.05) is 12.1 Å². The number of hydrogen-bond donors (Lipinski definition) is 0. The molecule has 3 heteroatoms. The molecule has 0 bridgehead atoms. The summed E-state index contributed by atoms with van der Waals surface area (Å²) in [6.45, 7) is 1.58. The molecule has 0 spiro atoms. The van der Waals surface area contributed by atoms with Gasteiger partial charge in [0.05, 0.1) is 5.56 Å². The van der Waals surface area contributed by atoms with Crippen molar-refractivity contribution in [3.8, 4) is 6.07 Å². The number of likely N-dealkylation sites (tertiary alicyclic amines) is 1. The molecule has 0 saturated carbocycles. The van der Waals surface area contributed by atoms with Gasteiger partial charge in [-0.15, -0.1) is 0 Å². The number of hydrogen-bond acceptors (Lipinski definition) is 2. The lowest BCUT2D eigenvalue weighted by Crippen LogP contribution is -2.31. The third-order valence-electron chi connectivity index (χ3n) is 4.39. The molecule has 0 unspecified atom stereocenters. The molecule has 1 aliphatic heterocycles. The van der Waals surface area contributed by atoms with Crippen LogP contribution in [-0.4, -0.2) is 17.5 Å². The predicted octanol–water partition coefficient (Wildman–Crippen LogP) is 3.90. The van der Waals surface area contributed by atoms with Gasteiger partial charge in [-0.1, -0.05) is 42.5 Å². The molecule has 1 heterocycles. The van der Waals surface area contributed by atoms with Crippen molar-refractivity contribution in [1.82, 2.24) is 4.90 Å². The second-order valence-electron chi connectivity index (χ2n) is 5.85. The molecule has 1 saturated heterocycles. The highest BCUT2D eigenvalue weighted by atomic mass is 19.1. The second kappa shape index (κ2) is 6.72. The summed E-state index contributed by atoms with van der Waals surface area (Å²) in [6.07, 6.45) is 3.30. The first-order valence-corrected chi connectivity index (χ1v) is 7.73. The Bertz CT molecular complexity index is 676. The van der Waals surface area contributed by atoms with E-state index in [0.717, 1.165) is 25.8 Å². The molecule has 0 amide bonds. The van der Waals surface area contributed by atoms with Crippen LogP contribution < -0.4 is 0 Å². The molecule has 1 aliphatic rings. The molecule has 22 heavy (non-hydrogen) atoms. The normalized spacial score (nSPS) is 18.3. The van der Waals surface area contributed by atoms with E-state index in [0.29, 0.717) is 18.2 Å². The minimum absolute atomic E-state index is 0.135. The summed E-state index contributed by atoms with van der Waals surface area (Å²) in [7, 11) is 0. The summed E-state index contributed by atoms with van der Waals surface area (Å²) in [6, 6.07) is 17.9. The maximum absolute atomic E-state index is 14.2. The van der Waals surface area contributed by atoms with E-state index in [2.05, 4.69) is 29.2 Å². The monoisotopic (exact) mass is 294 g/mol. The van der Waals surface area contributed by atoms with Crippen LogP contribution in [0.5, 0.6) is 0 Å². The first-order valence-electron chi connectivity index (χ1n) is 7.73. The molecule has 0 aromatic heterocycles. The molecule has 0 N–H and O–H groups in total. The van der Waals surface area contributed by atoms with Crippen LogP contribution in [0.2, 0.25) is 0 Å². The van der Waals surface area contributed by atoms with Crippen LogP contribution in [0.3, 0.4) is 0 Å². The van der Waals surface area contributed by atoms with Gasteiger partial charge in [0.25, 0.3) is 0 Å². The largest absolute Gasteiger partial charge is 0.296 e. The molecule has 2 nitrogen and oxygen atoms in total. The number of nitrogens with zero attached hydrogens (tertiary/aromatic N) is 2. The van der Waals surface area contributed by atoms with Crippen LogP contribution in [-0.2, 0) is 13.0 Å². The standard InChI is InChI=1S/C19H19FN2/c20-19-16(13-21)8-4-9-17(19)14-22-11-5-10-18(22)12-15-6-2-1-3-7-15/h1-4,6-9,18H,5,10-12,14H2/t18-/m1/s1. The summed E-state index contributed by atoms with van der Waals surface area (Å²) in [5, 5.41) is 8.95. The zero-order valence-corrected chi connectivity index (χ0v) is 12.5. The Kier molecular flexibility index (Phi) is 4.50. The van der Waals surface area contributed by atoms with Crippen molar-refractivity contribution >= 4 is 0 Å². The fourth-order valence-corrected chi connectivity index (χ4v) is 3.23. The lowest BCUT2D eigenvalue weighted by atomic mass is 10.0. The first-order chi connectivity index (χ1) is 10.8. The molecule has 3 rings (SSSR count). The fraction of sp³-hybridized carbons (Fsp3) is 0.316. The van der Waals surface area contributed by atoms with E-state index in [1.165, 1.54) is 11.6 Å². The van der Waals surface area contributed by atoms with Crippen LogP contribution >= 0.6 is 0 Å². The topological polar surface area (TPSA) is 27.0 Å². The molecule has 2 aromatic rings. The van der Waals surface area contributed by atoms with Crippen molar-refractivity contribution in [3.63, 3.8) is 0 Å². The van der Waals surface area contributed by atoms with Gasteiger partial charge in [-0.2, -0.15) is 5.26 Å². The fourth-order valence-electron chi connectivity index (χ4n) is 3.23. The van der Waals surface area contributed by atoms with E-state index < -0.39 is 0 Å². The van der Waals surface area contributed by atoms with Crippen molar-refractivity contribution < 1.29 is 4.39 Å². The average molecular weight is 294 g/mol. The van der Waals surface area contributed by atoms with Crippen LogP contribution in [0.25, 0.3) is 0 Å². The highest BCUT2D eigenvalue weighted by molar-refractivity contribution is 5.35. The Balaban J connectivity index is 1.73. The Morgan fingerprint density at radius 2 is 1.95 bits per heavy atom. The van der Waals surface area contributed by atoms with Crippen LogP contribution in [0.4, 0.5) is 4.39 Å². The molecule has 1 atom stereocenters. The number of nitriles is 1. The van der Waals surface area contributed by atoms with Gasteiger partial charge in [0.15, 0.2) is 0 Å². The quantitative estimate of drug-likeness (QED) is 0.855. The second-order valence-corrected chi connectivity index (χ2v) is 5.85. The number of halogens is 1. The van der Waals surface area contributed by atoms with Crippen LogP contribution in [0, 0.1) is 17.1 Å². The minimum atomic E-state index is -0.365. The first kappa shape index (κ1) is 14.7. The van der Waals surface area contributed by atoms with Gasteiger partial charge >= 0.3 is 0 Å². The van der Waals surface area contributed by atoms with Gasteiger partial charge in [-0.25, -0.2) is 4.39 Å². The van der Waals surface area contributed by atoms with Crippen LogP contribution in [0.1, 0.15) is 29.5 Å². The van der Waals surface area contributed by atoms with Crippen molar-refractivity contribution in [2.45, 2.75) is 31.8 Å². The Morgan fingerprint density at radius 1 is 1.14 bits per heavy atom. The van der Waals surface area contributed by atoms with Crippen molar-refractivity contribution in [3.05, 3.63) is 71.0 Å².